The van der Waals surface area contributed by atoms with E-state index in [2.05, 4.69) is 53.5 Å². The molecular weight excluding hydrogens is 569 g/mol. The van der Waals surface area contributed by atoms with E-state index in [-0.39, 0.29) is 18.0 Å². The van der Waals surface area contributed by atoms with Crippen LogP contribution in [0.4, 0.5) is 23.0 Å². The van der Waals surface area contributed by atoms with Gasteiger partial charge in [0, 0.05) is 40.7 Å². The van der Waals surface area contributed by atoms with Crippen molar-refractivity contribution in [1.29, 1.82) is 0 Å². The number of carbonyl (C=O) groups excluding carboxylic acids is 1. The van der Waals surface area contributed by atoms with Gasteiger partial charge in [-0.2, -0.15) is 0 Å². The predicted molar refractivity (Wildman–Crippen MR) is 149 cm³/mol. The first-order chi connectivity index (χ1) is 17.5. The molecule has 10 nitrogen and oxygen atoms in total. The second-order valence-electron chi connectivity index (χ2n) is 9.05. The number of hydrogen-bond acceptors (Lipinski definition) is 8. The third-order valence-electron chi connectivity index (χ3n) is 6.21. The highest BCUT2D eigenvalue weighted by Crippen LogP contribution is 2.26. The van der Waals surface area contributed by atoms with Gasteiger partial charge in [0.25, 0.3) is 5.91 Å². The number of nitrogens with zero attached hydrogens (tertiary/aromatic N) is 5. The molecule has 0 bridgehead atoms. The molecule has 186 valence electrons. The molecule has 11 heteroatoms. The smallest absolute Gasteiger partial charge is 0.276 e. The Morgan fingerprint density at radius 1 is 1.08 bits per heavy atom. The number of carbonyl (C=O) groups is 1. The fourth-order valence-electron chi connectivity index (χ4n) is 4.26. The van der Waals surface area contributed by atoms with Crippen molar-refractivity contribution in [1.82, 2.24) is 24.6 Å². The highest BCUT2D eigenvalue weighted by Gasteiger charge is 2.21. The highest BCUT2D eigenvalue weighted by molar-refractivity contribution is 14.1. The summed E-state index contributed by atoms with van der Waals surface area (Å²) in [6.07, 6.45) is 8.92. The topological polar surface area (TPSA) is 135 Å². The number of aromatic nitrogens is 5. The lowest BCUT2D eigenvalue weighted by atomic mass is 9.92. The molecule has 4 aromatic heterocycles. The van der Waals surface area contributed by atoms with Crippen LogP contribution in [0.25, 0.3) is 5.65 Å². The number of amides is 1. The molecule has 1 aliphatic rings. The van der Waals surface area contributed by atoms with Crippen LogP contribution < -0.4 is 21.7 Å². The third kappa shape index (κ3) is 5.57. The second-order valence-corrected chi connectivity index (χ2v) is 9.81. The molecule has 5 rings (SSSR count). The Balaban J connectivity index is 1.48. The van der Waals surface area contributed by atoms with E-state index >= 15 is 0 Å². The zero-order valence-corrected chi connectivity index (χ0v) is 22.1. The molecule has 0 radical (unpaired) electrons. The van der Waals surface area contributed by atoms with Crippen molar-refractivity contribution in [2.45, 2.75) is 49.1 Å². The quantitative estimate of drug-likeness (QED) is 0.182. The fraction of sp³-hybridized carbons (Fsp3) is 0.320. The minimum atomic E-state index is -0.305. The Morgan fingerprint density at radius 2 is 1.92 bits per heavy atom. The Hall–Kier alpha value is -3.32. The molecule has 1 aliphatic carbocycles. The van der Waals surface area contributed by atoms with Crippen LogP contribution in [0.15, 0.2) is 48.9 Å². The van der Waals surface area contributed by atoms with Gasteiger partial charge in [0.1, 0.15) is 11.6 Å². The van der Waals surface area contributed by atoms with E-state index in [0.29, 0.717) is 34.4 Å². The van der Waals surface area contributed by atoms with Crippen LogP contribution in [0.1, 0.15) is 47.4 Å². The van der Waals surface area contributed by atoms with Crippen molar-refractivity contribution in [3.63, 3.8) is 0 Å². The summed E-state index contributed by atoms with van der Waals surface area (Å²) in [5.41, 5.74) is 10.3. The van der Waals surface area contributed by atoms with Crippen LogP contribution in [-0.2, 0) is 4.43 Å². The number of hydrogen-bond donors (Lipinski definition) is 4. The van der Waals surface area contributed by atoms with Crippen LogP contribution in [0.5, 0.6) is 0 Å². The number of nitrogens with one attached hydrogen (secondary N) is 3. The first kappa shape index (κ1) is 24.4. The summed E-state index contributed by atoms with van der Waals surface area (Å²) in [5.74, 6) is 1.03. The van der Waals surface area contributed by atoms with Gasteiger partial charge in [-0.05, 0) is 56.4 Å². The number of halogens is 1. The van der Waals surface area contributed by atoms with E-state index in [4.69, 9.17) is 10.8 Å². The van der Waals surface area contributed by atoms with E-state index in [1.807, 2.05) is 31.2 Å². The van der Waals surface area contributed by atoms with Crippen molar-refractivity contribution in [3.8, 4) is 0 Å². The van der Waals surface area contributed by atoms with Gasteiger partial charge >= 0.3 is 0 Å². The zero-order chi connectivity index (χ0) is 25.1. The fourth-order valence-corrected chi connectivity index (χ4v) is 4.68. The van der Waals surface area contributed by atoms with E-state index in [1.54, 1.807) is 23.0 Å². The van der Waals surface area contributed by atoms with Gasteiger partial charge in [0.15, 0.2) is 11.3 Å². The lowest BCUT2D eigenvalue weighted by Crippen LogP contribution is -2.33. The predicted octanol–water partition coefficient (Wildman–Crippen LogP) is 4.44. The summed E-state index contributed by atoms with van der Waals surface area (Å²) in [4.78, 5) is 26.5. The van der Waals surface area contributed by atoms with Crippen molar-refractivity contribution < 1.29 is 4.79 Å². The Morgan fingerprint density at radius 3 is 2.67 bits per heavy atom. The van der Waals surface area contributed by atoms with Gasteiger partial charge in [0.2, 0.25) is 0 Å². The normalized spacial score (nSPS) is 17.6. The summed E-state index contributed by atoms with van der Waals surface area (Å²) in [6, 6.07) is 9.96. The molecular formula is C25H28IN9O. The zero-order valence-electron chi connectivity index (χ0n) is 19.9. The number of anilines is 4. The Labute approximate surface area is 222 Å². The van der Waals surface area contributed by atoms with E-state index < -0.39 is 0 Å². The van der Waals surface area contributed by atoms with Crippen LogP contribution in [0.2, 0.25) is 0 Å². The maximum atomic E-state index is 13.2. The molecule has 0 spiro atoms. The number of nitrogens with two attached hydrogens (primary N) is 1. The van der Waals surface area contributed by atoms with Crippen LogP contribution in [0.3, 0.4) is 0 Å². The monoisotopic (exact) mass is 597 g/mol. The Kier molecular flexibility index (Phi) is 7.28. The molecule has 0 aliphatic heterocycles. The molecule has 1 fully saturated rings. The number of alkyl halides is 1. The van der Waals surface area contributed by atoms with Gasteiger partial charge < -0.3 is 21.7 Å². The summed E-state index contributed by atoms with van der Waals surface area (Å²) in [5, 5.41) is 14.6. The molecule has 4 heterocycles. The first-order valence-corrected chi connectivity index (χ1v) is 13.4. The molecule has 0 unspecified atom stereocenters. The third-order valence-corrected chi connectivity index (χ3v) is 6.99. The maximum absolute atomic E-state index is 13.2. The van der Waals surface area contributed by atoms with Crippen molar-refractivity contribution in [3.05, 3.63) is 65.9 Å². The lowest BCUT2D eigenvalue weighted by Gasteiger charge is -2.27. The molecule has 0 atom stereocenters. The molecule has 0 aromatic carbocycles. The van der Waals surface area contributed by atoms with E-state index in [1.165, 1.54) is 6.20 Å². The molecule has 0 saturated heterocycles. The second kappa shape index (κ2) is 10.7. The molecule has 4 aromatic rings. The van der Waals surface area contributed by atoms with E-state index in [9.17, 15) is 4.79 Å². The average Bonchev–Trinajstić information content (AvgIpc) is 3.31. The SMILES string of the molecule is Cc1ccc(Nc2cc(NC3CCC(N)CC3)nn3c(C(=O)Nc4ccnc(CI)c4)cnc23)nc1. The number of pyridine rings is 2. The molecule has 5 N–H and O–H groups in total. The van der Waals surface area contributed by atoms with Crippen LogP contribution >= 0.6 is 22.6 Å². The summed E-state index contributed by atoms with van der Waals surface area (Å²) in [6.45, 7) is 1.99. The highest BCUT2D eigenvalue weighted by atomic mass is 127. The van der Waals surface area contributed by atoms with Gasteiger partial charge in [-0.1, -0.05) is 28.7 Å². The van der Waals surface area contributed by atoms with E-state index in [0.717, 1.165) is 41.4 Å². The largest absolute Gasteiger partial charge is 0.366 e. The van der Waals surface area contributed by atoms with Crippen molar-refractivity contribution >= 4 is 57.2 Å². The molecule has 36 heavy (non-hydrogen) atoms. The number of rotatable bonds is 7. The van der Waals surface area contributed by atoms with Crippen molar-refractivity contribution in [2.75, 3.05) is 16.0 Å². The Bertz CT molecular complexity index is 1360. The van der Waals surface area contributed by atoms with Crippen molar-refractivity contribution in [2.24, 2.45) is 5.73 Å². The summed E-state index contributed by atoms with van der Waals surface area (Å²) < 4.78 is 2.32. The summed E-state index contributed by atoms with van der Waals surface area (Å²) >= 11 is 2.24. The van der Waals surface area contributed by atoms with Gasteiger partial charge in [-0.15, -0.1) is 5.10 Å². The van der Waals surface area contributed by atoms with Gasteiger partial charge in [0.05, 0.1) is 17.6 Å². The number of fused-ring (bicyclic) bond motifs is 1. The minimum Gasteiger partial charge on any atom is -0.366 e. The standard InChI is InChI=1S/C25H28IN9O/c1-15-2-7-22(29-13-15)33-20-11-23(31-17-5-3-16(27)4-6-17)34-35-21(14-30-24(20)35)25(36)32-18-8-9-28-19(10-18)12-26/h2,7-11,13-14,16-17H,3-6,12,27H2,1H3,(H,29,33)(H,31,34)(H,28,32,36). The average molecular weight is 597 g/mol. The number of imidazole rings is 1. The van der Waals surface area contributed by atoms with Gasteiger partial charge in [-0.25, -0.2) is 14.5 Å². The molecule has 1 saturated carbocycles. The van der Waals surface area contributed by atoms with Gasteiger partial charge in [-0.3, -0.25) is 9.78 Å². The number of aryl methyl sites for hydroxylation is 1. The minimum absolute atomic E-state index is 0.258. The maximum Gasteiger partial charge on any atom is 0.276 e. The summed E-state index contributed by atoms with van der Waals surface area (Å²) in [7, 11) is 0. The van der Waals surface area contributed by atoms with Crippen LogP contribution in [0, 0.1) is 6.92 Å². The lowest BCUT2D eigenvalue weighted by molar-refractivity contribution is 0.102. The first-order valence-electron chi connectivity index (χ1n) is 11.9. The van der Waals surface area contributed by atoms with Crippen LogP contribution in [-0.4, -0.2) is 42.6 Å². The molecule has 1 amide bonds.